The fraction of sp³-hybridized carbons (Fsp3) is 0.318. The maximum atomic E-state index is 12.6. The fourth-order valence-corrected chi connectivity index (χ4v) is 3.44. The van der Waals surface area contributed by atoms with Gasteiger partial charge in [-0.1, -0.05) is 12.1 Å². The zero-order chi connectivity index (χ0) is 24.2. The standard InChI is InChI=1S/C22H23F3N4O4/c1-3-28-17-6-4-5-7-18(17)29(21(28)32)13-12-20(31)27(2)14-19(30)26-15-8-10-16(11-9-15)33-22(23,24)25/h4-11H,3,12-14H2,1-2H3,(H,26,30). The Kier molecular flexibility index (Phi) is 7.10. The quantitative estimate of drug-likeness (QED) is 0.555. The number of halogens is 3. The summed E-state index contributed by atoms with van der Waals surface area (Å²) in [5.41, 5.74) is 1.58. The third-order valence-corrected chi connectivity index (χ3v) is 4.97. The highest BCUT2D eigenvalue weighted by Crippen LogP contribution is 2.24. The first-order chi connectivity index (χ1) is 15.6. The van der Waals surface area contributed by atoms with Gasteiger partial charge < -0.3 is 15.0 Å². The number of amides is 2. The van der Waals surface area contributed by atoms with Crippen molar-refractivity contribution in [1.29, 1.82) is 0 Å². The van der Waals surface area contributed by atoms with Crippen LogP contribution in [0.4, 0.5) is 18.9 Å². The molecule has 0 radical (unpaired) electrons. The van der Waals surface area contributed by atoms with Gasteiger partial charge >= 0.3 is 12.1 Å². The van der Waals surface area contributed by atoms with Crippen molar-refractivity contribution >= 4 is 28.5 Å². The molecule has 0 aliphatic carbocycles. The molecule has 33 heavy (non-hydrogen) atoms. The third-order valence-electron chi connectivity index (χ3n) is 4.97. The van der Waals surface area contributed by atoms with Crippen LogP contribution in [-0.2, 0) is 22.7 Å². The lowest BCUT2D eigenvalue weighted by Crippen LogP contribution is -2.36. The van der Waals surface area contributed by atoms with Gasteiger partial charge in [0.15, 0.2) is 0 Å². The average Bonchev–Trinajstić information content (AvgIpc) is 3.02. The summed E-state index contributed by atoms with van der Waals surface area (Å²) in [6.07, 6.45) is -4.78. The molecule has 2 aromatic carbocycles. The van der Waals surface area contributed by atoms with Crippen LogP contribution in [0.5, 0.6) is 5.75 Å². The Morgan fingerprint density at radius 1 is 1.03 bits per heavy atom. The van der Waals surface area contributed by atoms with E-state index in [0.29, 0.717) is 6.54 Å². The normalized spacial score (nSPS) is 11.4. The number of carbonyl (C=O) groups is 2. The Bertz CT molecular complexity index is 1200. The van der Waals surface area contributed by atoms with Crippen molar-refractivity contribution in [3.8, 4) is 5.75 Å². The van der Waals surface area contributed by atoms with Gasteiger partial charge in [-0.05, 0) is 43.3 Å². The zero-order valence-electron chi connectivity index (χ0n) is 18.1. The number of carbonyl (C=O) groups excluding carboxylic acids is 2. The fourth-order valence-electron chi connectivity index (χ4n) is 3.44. The van der Waals surface area contributed by atoms with Crippen molar-refractivity contribution in [2.75, 3.05) is 18.9 Å². The first-order valence-electron chi connectivity index (χ1n) is 10.2. The minimum atomic E-state index is -4.80. The summed E-state index contributed by atoms with van der Waals surface area (Å²) in [5, 5.41) is 2.51. The number of fused-ring (bicyclic) bond motifs is 1. The van der Waals surface area contributed by atoms with Crippen molar-refractivity contribution in [3.63, 3.8) is 0 Å². The maximum absolute atomic E-state index is 12.6. The van der Waals surface area contributed by atoms with Gasteiger partial charge in [0.05, 0.1) is 17.6 Å². The number of likely N-dealkylation sites (N-methyl/N-ethyl adjacent to an activating group) is 1. The monoisotopic (exact) mass is 464 g/mol. The molecule has 0 unspecified atom stereocenters. The number of benzene rings is 2. The van der Waals surface area contributed by atoms with Gasteiger partial charge in [0.1, 0.15) is 5.75 Å². The summed E-state index contributed by atoms with van der Waals surface area (Å²) < 4.78 is 43.6. The van der Waals surface area contributed by atoms with Gasteiger partial charge in [-0.25, -0.2) is 4.79 Å². The largest absolute Gasteiger partial charge is 0.573 e. The summed E-state index contributed by atoms with van der Waals surface area (Å²) >= 11 is 0. The number of alkyl halides is 3. The van der Waals surface area contributed by atoms with Crippen LogP contribution in [0.15, 0.2) is 53.3 Å². The molecule has 0 saturated heterocycles. The third kappa shape index (κ3) is 5.93. The number of hydrogen-bond acceptors (Lipinski definition) is 4. The molecule has 0 fully saturated rings. The summed E-state index contributed by atoms with van der Waals surface area (Å²) in [4.78, 5) is 38.6. The number of ether oxygens (including phenoxy) is 1. The van der Waals surface area contributed by atoms with Crippen molar-refractivity contribution in [2.24, 2.45) is 0 Å². The van der Waals surface area contributed by atoms with E-state index in [0.717, 1.165) is 23.2 Å². The minimum absolute atomic E-state index is 0.0187. The molecule has 0 aliphatic heterocycles. The van der Waals surface area contributed by atoms with Gasteiger partial charge in [0.2, 0.25) is 11.8 Å². The van der Waals surface area contributed by atoms with E-state index in [2.05, 4.69) is 10.1 Å². The molecule has 3 aromatic rings. The number of rotatable bonds is 8. The van der Waals surface area contributed by atoms with E-state index in [-0.39, 0.29) is 36.8 Å². The van der Waals surface area contributed by atoms with E-state index < -0.39 is 18.0 Å². The van der Waals surface area contributed by atoms with Crippen LogP contribution in [0.2, 0.25) is 0 Å². The molecule has 1 aromatic heterocycles. The molecular weight excluding hydrogens is 441 g/mol. The molecular formula is C22H23F3N4O4. The van der Waals surface area contributed by atoms with E-state index in [1.54, 1.807) is 4.57 Å². The van der Waals surface area contributed by atoms with E-state index in [4.69, 9.17) is 0 Å². The highest BCUT2D eigenvalue weighted by Gasteiger charge is 2.31. The molecule has 2 amide bonds. The number of imidazole rings is 1. The Morgan fingerprint density at radius 3 is 2.21 bits per heavy atom. The van der Waals surface area contributed by atoms with Crippen molar-refractivity contribution < 1.29 is 27.5 Å². The first kappa shape index (κ1) is 23.9. The highest BCUT2D eigenvalue weighted by molar-refractivity contribution is 5.94. The van der Waals surface area contributed by atoms with Crippen molar-refractivity contribution in [3.05, 3.63) is 59.0 Å². The number of nitrogens with one attached hydrogen (secondary N) is 1. The SMILES string of the molecule is CCn1c(=O)n(CCC(=O)N(C)CC(=O)Nc2ccc(OC(F)(F)F)cc2)c2ccccc21. The van der Waals surface area contributed by atoms with E-state index in [1.807, 2.05) is 31.2 Å². The smallest absolute Gasteiger partial charge is 0.406 e. The van der Waals surface area contributed by atoms with Gasteiger partial charge in [-0.3, -0.25) is 18.7 Å². The van der Waals surface area contributed by atoms with Crippen molar-refractivity contribution in [1.82, 2.24) is 14.0 Å². The van der Waals surface area contributed by atoms with Gasteiger partial charge in [0, 0.05) is 32.2 Å². The number of hydrogen-bond donors (Lipinski definition) is 1. The summed E-state index contributed by atoms with van der Waals surface area (Å²) in [6, 6.07) is 12.0. The van der Waals surface area contributed by atoms with Crippen LogP contribution in [-0.4, -0.2) is 45.8 Å². The second-order valence-electron chi connectivity index (χ2n) is 7.29. The minimum Gasteiger partial charge on any atom is -0.406 e. The molecule has 0 saturated carbocycles. The summed E-state index contributed by atoms with van der Waals surface area (Å²) in [7, 11) is 1.46. The van der Waals surface area contributed by atoms with Crippen LogP contribution in [0, 0.1) is 0 Å². The predicted molar refractivity (Wildman–Crippen MR) is 116 cm³/mol. The van der Waals surface area contributed by atoms with Gasteiger partial charge in [-0.2, -0.15) is 0 Å². The summed E-state index contributed by atoms with van der Waals surface area (Å²) in [5.74, 6) is -1.26. The lowest BCUT2D eigenvalue weighted by Gasteiger charge is -2.17. The molecule has 0 spiro atoms. The zero-order valence-corrected chi connectivity index (χ0v) is 18.1. The lowest BCUT2D eigenvalue weighted by atomic mass is 10.3. The van der Waals surface area contributed by atoms with E-state index in [1.165, 1.54) is 28.6 Å². The number of aromatic nitrogens is 2. The van der Waals surface area contributed by atoms with Crippen molar-refractivity contribution in [2.45, 2.75) is 32.8 Å². The second kappa shape index (κ2) is 9.80. The predicted octanol–water partition coefficient (Wildman–Crippen LogP) is 3.21. The van der Waals surface area contributed by atoms with Crippen LogP contribution in [0.3, 0.4) is 0 Å². The number of anilines is 1. The first-order valence-corrected chi connectivity index (χ1v) is 10.2. The topological polar surface area (TPSA) is 85.6 Å². The van der Waals surface area contributed by atoms with E-state index in [9.17, 15) is 27.6 Å². The van der Waals surface area contributed by atoms with Crippen LogP contribution >= 0.6 is 0 Å². The molecule has 8 nitrogen and oxygen atoms in total. The molecule has 0 atom stereocenters. The number of nitrogens with zero attached hydrogens (tertiary/aromatic N) is 3. The molecule has 11 heteroatoms. The maximum Gasteiger partial charge on any atom is 0.573 e. The van der Waals surface area contributed by atoms with Crippen LogP contribution < -0.4 is 15.7 Å². The van der Waals surface area contributed by atoms with Crippen LogP contribution in [0.1, 0.15) is 13.3 Å². The molecule has 3 rings (SSSR count). The van der Waals surface area contributed by atoms with E-state index >= 15 is 0 Å². The Labute approximate surface area is 187 Å². The number of para-hydroxylation sites is 2. The molecule has 176 valence electrons. The summed E-state index contributed by atoms with van der Waals surface area (Å²) in [6.45, 7) is 2.28. The Morgan fingerprint density at radius 2 is 1.64 bits per heavy atom. The number of aryl methyl sites for hydroxylation is 2. The second-order valence-corrected chi connectivity index (χ2v) is 7.29. The molecule has 1 N–H and O–H groups in total. The Hall–Kier alpha value is -3.76. The van der Waals surface area contributed by atoms with Gasteiger partial charge in [-0.15, -0.1) is 13.2 Å². The van der Waals surface area contributed by atoms with Crippen LogP contribution in [0.25, 0.3) is 11.0 Å². The van der Waals surface area contributed by atoms with Gasteiger partial charge in [0.25, 0.3) is 0 Å². The average molecular weight is 464 g/mol. The highest BCUT2D eigenvalue weighted by atomic mass is 19.4. The molecule has 0 bridgehead atoms. The molecule has 1 heterocycles. The molecule has 0 aliphatic rings. The Balaban J connectivity index is 1.56. The lowest BCUT2D eigenvalue weighted by molar-refractivity contribution is -0.274.